The summed E-state index contributed by atoms with van der Waals surface area (Å²) in [5.41, 5.74) is 1.25. The number of ketones is 1. The van der Waals surface area contributed by atoms with Gasteiger partial charge in [-0.2, -0.15) is 0 Å². The molecule has 8 heteroatoms. The first-order valence-corrected chi connectivity index (χ1v) is 16.4. The van der Waals surface area contributed by atoms with E-state index in [0.717, 1.165) is 41.2 Å². The van der Waals surface area contributed by atoms with E-state index in [4.69, 9.17) is 14.2 Å². The summed E-state index contributed by atoms with van der Waals surface area (Å²) in [4.78, 5) is 51.2. The summed E-state index contributed by atoms with van der Waals surface area (Å²) in [6.07, 6.45) is 7.20. The molecule has 4 aliphatic carbocycles. The van der Waals surface area contributed by atoms with Gasteiger partial charge in [0.05, 0.1) is 12.7 Å². The number of rotatable bonds is 7. The second-order valence-electron chi connectivity index (χ2n) is 13.5. The highest BCUT2D eigenvalue weighted by Gasteiger charge is 2.64. The molecule has 4 aliphatic rings. The molecule has 1 aromatic carbocycles. The highest BCUT2D eigenvalue weighted by atomic mass is 127. The summed E-state index contributed by atoms with van der Waals surface area (Å²) in [7, 11) is 1.40. The van der Waals surface area contributed by atoms with E-state index in [0.29, 0.717) is 24.8 Å². The zero-order chi connectivity index (χ0) is 30.4. The number of hydrogen-bond acceptors (Lipinski definition) is 7. The Hall–Kier alpha value is -2.23. The van der Waals surface area contributed by atoms with Crippen LogP contribution in [-0.2, 0) is 28.6 Å². The van der Waals surface area contributed by atoms with Gasteiger partial charge in [-0.3, -0.25) is 14.4 Å². The average molecular weight is 691 g/mol. The van der Waals surface area contributed by atoms with Crippen molar-refractivity contribution in [2.75, 3.05) is 7.11 Å². The molecule has 5 unspecified atom stereocenters. The summed E-state index contributed by atoms with van der Waals surface area (Å²) < 4.78 is 17.9. The van der Waals surface area contributed by atoms with Gasteiger partial charge in [0.25, 0.3) is 0 Å². The fraction of sp³-hybridized carbons (Fsp3) is 0.647. The molecule has 228 valence electrons. The van der Waals surface area contributed by atoms with Gasteiger partial charge in [0.2, 0.25) is 0 Å². The van der Waals surface area contributed by atoms with Crippen molar-refractivity contribution in [3.8, 4) is 0 Å². The van der Waals surface area contributed by atoms with Crippen molar-refractivity contribution in [3.05, 3.63) is 45.0 Å². The number of carbonyl (C=O) groups excluding carboxylic acids is 4. The van der Waals surface area contributed by atoms with Crippen molar-refractivity contribution in [3.63, 3.8) is 0 Å². The molecule has 9 atom stereocenters. The van der Waals surface area contributed by atoms with Crippen LogP contribution in [0.3, 0.4) is 0 Å². The van der Waals surface area contributed by atoms with E-state index in [1.807, 2.05) is 24.3 Å². The van der Waals surface area contributed by atoms with Crippen LogP contribution in [0.5, 0.6) is 0 Å². The van der Waals surface area contributed by atoms with Gasteiger partial charge in [0.1, 0.15) is 12.2 Å². The van der Waals surface area contributed by atoms with Crippen LogP contribution in [0, 0.1) is 44.0 Å². The number of hydrogen-bond donors (Lipinski definition) is 0. The van der Waals surface area contributed by atoms with Gasteiger partial charge in [-0.1, -0.05) is 32.4 Å². The van der Waals surface area contributed by atoms with Gasteiger partial charge in [-0.15, -0.1) is 0 Å². The number of esters is 3. The fourth-order valence-corrected chi connectivity index (χ4v) is 9.74. The molecule has 0 radical (unpaired) electrons. The number of methoxy groups -OCH3 is 1. The zero-order valence-electron chi connectivity index (χ0n) is 25.3. The molecule has 42 heavy (non-hydrogen) atoms. The molecule has 0 saturated heterocycles. The largest absolute Gasteiger partial charge is 0.469 e. The molecule has 7 nitrogen and oxygen atoms in total. The second kappa shape index (κ2) is 12.0. The van der Waals surface area contributed by atoms with Gasteiger partial charge in [0, 0.05) is 28.8 Å². The van der Waals surface area contributed by atoms with Gasteiger partial charge in [0.15, 0.2) is 5.78 Å². The Morgan fingerprint density at radius 3 is 2.55 bits per heavy atom. The van der Waals surface area contributed by atoms with E-state index in [2.05, 4.69) is 43.4 Å². The van der Waals surface area contributed by atoms with Crippen molar-refractivity contribution in [1.29, 1.82) is 0 Å². The molecular weight excluding hydrogens is 647 g/mol. The molecule has 3 saturated carbocycles. The number of allylic oxidation sites excluding steroid dienone is 2. The Kier molecular flexibility index (Phi) is 8.95. The van der Waals surface area contributed by atoms with Gasteiger partial charge in [-0.25, -0.2) is 4.79 Å². The van der Waals surface area contributed by atoms with Crippen molar-refractivity contribution in [2.24, 2.45) is 40.4 Å². The molecule has 0 aliphatic heterocycles. The summed E-state index contributed by atoms with van der Waals surface area (Å²) in [6, 6.07) is 7.41. The number of carbonyl (C=O) groups is 4. The zero-order valence-corrected chi connectivity index (χ0v) is 27.5. The van der Waals surface area contributed by atoms with E-state index < -0.39 is 6.10 Å². The Bertz CT molecular complexity index is 1290. The maximum absolute atomic E-state index is 14.0. The van der Waals surface area contributed by atoms with Crippen LogP contribution in [0.25, 0.3) is 0 Å². The molecule has 0 amide bonds. The summed E-state index contributed by atoms with van der Waals surface area (Å²) in [5.74, 6) is -0.609. The highest BCUT2D eigenvalue weighted by Crippen LogP contribution is 2.67. The van der Waals surface area contributed by atoms with Crippen LogP contribution < -0.4 is 0 Å². The molecule has 0 aromatic heterocycles. The van der Waals surface area contributed by atoms with Crippen LogP contribution in [0.1, 0.15) is 89.4 Å². The van der Waals surface area contributed by atoms with Crippen LogP contribution in [0.4, 0.5) is 0 Å². The predicted molar refractivity (Wildman–Crippen MR) is 165 cm³/mol. The molecule has 1 aromatic rings. The van der Waals surface area contributed by atoms with Gasteiger partial charge < -0.3 is 14.2 Å². The Balaban J connectivity index is 1.47. The van der Waals surface area contributed by atoms with Crippen molar-refractivity contribution in [2.45, 2.75) is 91.3 Å². The van der Waals surface area contributed by atoms with E-state index in [-0.39, 0.29) is 70.2 Å². The first-order chi connectivity index (χ1) is 19.9. The molecule has 5 rings (SSSR count). The summed E-state index contributed by atoms with van der Waals surface area (Å²) in [6.45, 7) is 8.13. The van der Waals surface area contributed by atoms with Crippen LogP contribution in [0.15, 0.2) is 35.9 Å². The standard InChI is InChI=1S/C34H43IO7/c1-19(9-10-29(38)40-5)26-18-27(37)31-30-25(12-14-34(26,31)4)33(3)13-11-24(41-20(2)36)16-22(33)17-28(30)42-32(39)21-7-6-8-23(35)15-21/h6-8,15,18-19,22,24-25,28,30-31H,9-14,16-17H2,1-5H3/t19-,22?,24-,25?,28-,30?,31+,33?,34?/m1/s1. The van der Waals surface area contributed by atoms with E-state index in [1.54, 1.807) is 6.07 Å². The van der Waals surface area contributed by atoms with E-state index in [9.17, 15) is 19.2 Å². The lowest BCUT2D eigenvalue weighted by atomic mass is 9.43. The third kappa shape index (κ3) is 5.69. The quantitative estimate of drug-likeness (QED) is 0.179. The van der Waals surface area contributed by atoms with Crippen molar-refractivity contribution in [1.82, 2.24) is 0 Å². The normalized spacial score (nSPS) is 36.0. The minimum Gasteiger partial charge on any atom is -0.469 e. The lowest BCUT2D eigenvalue weighted by Crippen LogP contribution is -2.60. The lowest BCUT2D eigenvalue weighted by molar-refractivity contribution is -0.180. The number of benzene rings is 1. The Morgan fingerprint density at radius 2 is 1.86 bits per heavy atom. The monoisotopic (exact) mass is 690 g/mol. The molecule has 0 N–H and O–H groups in total. The lowest BCUT2D eigenvalue weighted by Gasteiger charge is -2.62. The summed E-state index contributed by atoms with van der Waals surface area (Å²) in [5, 5.41) is 0. The third-order valence-electron chi connectivity index (χ3n) is 11.2. The van der Waals surface area contributed by atoms with Crippen molar-refractivity contribution < 1.29 is 33.4 Å². The molecule has 0 heterocycles. The van der Waals surface area contributed by atoms with Gasteiger partial charge >= 0.3 is 17.9 Å². The Labute approximate surface area is 262 Å². The second-order valence-corrected chi connectivity index (χ2v) is 14.8. The maximum Gasteiger partial charge on any atom is 0.338 e. The minimum atomic E-state index is -0.416. The number of fused-ring (bicyclic) bond motifs is 5. The molecule has 0 bridgehead atoms. The van der Waals surface area contributed by atoms with Crippen molar-refractivity contribution >= 4 is 46.3 Å². The smallest absolute Gasteiger partial charge is 0.338 e. The molecular formula is C34H43IO7. The average Bonchev–Trinajstić information content (AvgIpc) is 3.22. The molecule has 0 spiro atoms. The topological polar surface area (TPSA) is 96.0 Å². The van der Waals surface area contributed by atoms with Gasteiger partial charge in [-0.05, 0) is 120 Å². The number of halogens is 1. The first kappa shape index (κ1) is 31.2. The predicted octanol–water partition coefficient (Wildman–Crippen LogP) is 6.71. The summed E-state index contributed by atoms with van der Waals surface area (Å²) >= 11 is 2.19. The fourth-order valence-electron chi connectivity index (χ4n) is 9.20. The van der Waals surface area contributed by atoms with E-state index >= 15 is 0 Å². The Morgan fingerprint density at radius 1 is 1.10 bits per heavy atom. The third-order valence-corrected chi connectivity index (χ3v) is 11.9. The van der Waals surface area contributed by atoms with Crippen LogP contribution >= 0.6 is 22.6 Å². The maximum atomic E-state index is 14.0. The SMILES string of the molecule is COC(=O)CC[C@@H](C)C1=CC(=O)[C@H]2C3C(CCC12C)C1(C)CC[C@@H](OC(C)=O)CC1C[C@H]3OC(=O)c1cccc(I)c1. The van der Waals surface area contributed by atoms with Crippen LogP contribution in [0.2, 0.25) is 0 Å². The van der Waals surface area contributed by atoms with Crippen LogP contribution in [-0.4, -0.2) is 43.0 Å². The number of ether oxygens (including phenoxy) is 3. The highest BCUT2D eigenvalue weighted by molar-refractivity contribution is 14.1. The van der Waals surface area contributed by atoms with E-state index in [1.165, 1.54) is 14.0 Å². The minimum absolute atomic E-state index is 0.0345. The molecule has 3 fully saturated rings. The first-order valence-electron chi connectivity index (χ1n) is 15.3.